The number of rotatable bonds is 15. The molecule has 1 unspecified atom stereocenters. The van der Waals surface area contributed by atoms with Crippen LogP contribution in [-0.2, 0) is 17.6 Å². The molecule has 5 rings (SSSR count). The van der Waals surface area contributed by atoms with Crippen molar-refractivity contribution in [2.45, 2.75) is 51.5 Å². The Bertz CT molecular complexity index is 1390. The van der Waals surface area contributed by atoms with E-state index in [0.29, 0.717) is 31.2 Å². The molecule has 3 N–H and O–H groups in total. The maximum atomic E-state index is 12.1. The third kappa shape index (κ3) is 8.37. The average molecular weight is 575 g/mol. The van der Waals surface area contributed by atoms with Crippen LogP contribution in [0.5, 0.6) is 5.75 Å². The van der Waals surface area contributed by atoms with E-state index in [-0.39, 0.29) is 0 Å². The largest absolute Gasteiger partial charge is 0.491 e. The summed E-state index contributed by atoms with van der Waals surface area (Å²) in [6, 6.07) is 15.3. The van der Waals surface area contributed by atoms with Crippen LogP contribution in [-0.4, -0.2) is 69.8 Å². The Morgan fingerprint density at radius 2 is 2.02 bits per heavy atom. The lowest BCUT2D eigenvalue weighted by molar-refractivity contribution is -0.138. The molecule has 1 atom stereocenters. The standard InChI is InChI=1S/C31H38N6O3S/c1-22-11-14-25(21-33-22)40-20-19-37(17-5-4-8-24-13-12-23-7-6-16-32-29(23)34-24)18-15-27(30(38)39)36-31-35-26-9-2-3-10-28(26)41-31/h2-3,9-14,21,27H,4-8,15-20H2,1H3,(H,32,34)(H,35,36)(H,38,39). The summed E-state index contributed by atoms with van der Waals surface area (Å²) in [5.41, 5.74) is 4.24. The highest BCUT2D eigenvalue weighted by atomic mass is 32.1. The molecule has 10 heteroatoms. The number of anilines is 2. The summed E-state index contributed by atoms with van der Waals surface area (Å²) < 4.78 is 6.98. The van der Waals surface area contributed by atoms with Gasteiger partial charge >= 0.3 is 5.97 Å². The Balaban J connectivity index is 1.15. The first-order valence-electron chi connectivity index (χ1n) is 14.4. The molecule has 0 aliphatic carbocycles. The Hall–Kier alpha value is -3.76. The summed E-state index contributed by atoms with van der Waals surface area (Å²) in [6.45, 7) is 5.62. The van der Waals surface area contributed by atoms with E-state index in [9.17, 15) is 9.90 Å². The van der Waals surface area contributed by atoms with E-state index in [1.54, 1.807) is 6.20 Å². The first-order chi connectivity index (χ1) is 20.0. The number of unbranched alkanes of at least 4 members (excludes halogenated alkanes) is 1. The van der Waals surface area contributed by atoms with Crippen molar-refractivity contribution in [3.8, 4) is 5.75 Å². The molecule has 4 aromatic rings. The summed E-state index contributed by atoms with van der Waals surface area (Å²) in [4.78, 5) is 28.1. The smallest absolute Gasteiger partial charge is 0.326 e. The molecular weight excluding hydrogens is 536 g/mol. The summed E-state index contributed by atoms with van der Waals surface area (Å²) in [6.07, 6.45) is 7.37. The van der Waals surface area contributed by atoms with Crippen molar-refractivity contribution in [3.05, 3.63) is 71.7 Å². The quantitative estimate of drug-likeness (QED) is 0.160. The third-order valence-electron chi connectivity index (χ3n) is 7.29. The van der Waals surface area contributed by atoms with Gasteiger partial charge in [0.15, 0.2) is 5.13 Å². The Morgan fingerprint density at radius 1 is 1.12 bits per heavy atom. The van der Waals surface area contributed by atoms with Gasteiger partial charge in [0.1, 0.15) is 24.2 Å². The first kappa shape index (κ1) is 28.8. The zero-order valence-electron chi connectivity index (χ0n) is 23.5. The van der Waals surface area contributed by atoms with E-state index < -0.39 is 12.0 Å². The Kier molecular flexibility index (Phi) is 9.98. The van der Waals surface area contributed by atoms with E-state index in [0.717, 1.165) is 78.4 Å². The van der Waals surface area contributed by atoms with Gasteiger partial charge in [0.25, 0.3) is 0 Å². The molecule has 1 aliphatic rings. The van der Waals surface area contributed by atoms with Crippen molar-refractivity contribution in [2.75, 3.05) is 43.4 Å². The fourth-order valence-electron chi connectivity index (χ4n) is 4.97. The van der Waals surface area contributed by atoms with Crippen LogP contribution < -0.4 is 15.4 Å². The van der Waals surface area contributed by atoms with Gasteiger partial charge in [-0.15, -0.1) is 0 Å². The van der Waals surface area contributed by atoms with Gasteiger partial charge in [-0.05, 0) is 87.9 Å². The molecule has 0 radical (unpaired) electrons. The van der Waals surface area contributed by atoms with Gasteiger partial charge in [-0.2, -0.15) is 0 Å². The topological polar surface area (TPSA) is 112 Å². The maximum absolute atomic E-state index is 12.1. The number of carboxylic acids is 1. The summed E-state index contributed by atoms with van der Waals surface area (Å²) >= 11 is 1.48. The van der Waals surface area contributed by atoms with Gasteiger partial charge in [0.2, 0.25) is 0 Å². The van der Waals surface area contributed by atoms with Gasteiger partial charge in [-0.3, -0.25) is 9.88 Å². The van der Waals surface area contributed by atoms with Gasteiger partial charge in [-0.1, -0.05) is 29.5 Å². The average Bonchev–Trinajstić information content (AvgIpc) is 3.40. The van der Waals surface area contributed by atoms with Crippen molar-refractivity contribution in [2.24, 2.45) is 0 Å². The number of hydrogen-bond donors (Lipinski definition) is 3. The minimum atomic E-state index is -0.877. The number of aryl methyl sites for hydroxylation is 3. The number of aliphatic carboxylic acids is 1. The lowest BCUT2D eigenvalue weighted by atomic mass is 10.1. The van der Waals surface area contributed by atoms with Crippen LogP contribution in [0, 0.1) is 6.92 Å². The lowest BCUT2D eigenvalue weighted by Crippen LogP contribution is -2.37. The van der Waals surface area contributed by atoms with Crippen LogP contribution in [0.3, 0.4) is 0 Å². The van der Waals surface area contributed by atoms with Gasteiger partial charge in [0, 0.05) is 31.0 Å². The molecule has 0 bridgehead atoms. The highest BCUT2D eigenvalue weighted by Crippen LogP contribution is 2.26. The lowest BCUT2D eigenvalue weighted by Gasteiger charge is -2.24. The van der Waals surface area contributed by atoms with Gasteiger partial charge in [-0.25, -0.2) is 14.8 Å². The van der Waals surface area contributed by atoms with Crippen molar-refractivity contribution in [3.63, 3.8) is 0 Å². The number of fused-ring (bicyclic) bond motifs is 2. The van der Waals surface area contributed by atoms with E-state index in [1.807, 2.05) is 43.3 Å². The fraction of sp³-hybridized carbons (Fsp3) is 0.419. The number of nitrogens with one attached hydrogen (secondary N) is 2. The number of aromatic nitrogens is 3. The molecule has 0 saturated carbocycles. The predicted molar refractivity (Wildman–Crippen MR) is 164 cm³/mol. The van der Waals surface area contributed by atoms with Crippen LogP contribution in [0.15, 0.2) is 54.7 Å². The number of nitrogens with zero attached hydrogens (tertiary/aromatic N) is 4. The van der Waals surface area contributed by atoms with Crippen LogP contribution in [0.2, 0.25) is 0 Å². The van der Waals surface area contributed by atoms with Crippen molar-refractivity contribution in [1.82, 2.24) is 19.9 Å². The number of carbonyl (C=O) groups is 1. The minimum Gasteiger partial charge on any atom is -0.491 e. The van der Waals surface area contributed by atoms with Crippen LogP contribution in [0.4, 0.5) is 10.9 Å². The van der Waals surface area contributed by atoms with Crippen LogP contribution in [0.1, 0.15) is 42.6 Å². The molecule has 1 aromatic carbocycles. The van der Waals surface area contributed by atoms with E-state index >= 15 is 0 Å². The zero-order valence-corrected chi connectivity index (χ0v) is 24.3. The number of benzene rings is 1. The Morgan fingerprint density at radius 3 is 2.85 bits per heavy atom. The molecular formula is C31H38N6O3S. The second-order valence-electron chi connectivity index (χ2n) is 10.4. The molecule has 1 aliphatic heterocycles. The monoisotopic (exact) mass is 574 g/mol. The first-order valence-corrected chi connectivity index (χ1v) is 15.2. The normalized spacial score (nSPS) is 13.5. The zero-order chi connectivity index (χ0) is 28.4. The van der Waals surface area contributed by atoms with Crippen molar-refractivity contribution in [1.29, 1.82) is 0 Å². The third-order valence-corrected chi connectivity index (χ3v) is 8.26. The maximum Gasteiger partial charge on any atom is 0.326 e. The number of hydrogen-bond acceptors (Lipinski definition) is 9. The van der Waals surface area contributed by atoms with Gasteiger partial charge in [0.05, 0.1) is 16.4 Å². The number of ether oxygens (including phenoxy) is 1. The van der Waals surface area contributed by atoms with Crippen LogP contribution >= 0.6 is 11.3 Å². The molecule has 9 nitrogen and oxygen atoms in total. The summed E-state index contributed by atoms with van der Waals surface area (Å²) in [7, 11) is 0. The van der Waals surface area contributed by atoms with E-state index in [4.69, 9.17) is 9.72 Å². The SMILES string of the molecule is Cc1ccc(OCCN(CCCCc2ccc3c(n2)NCCC3)CCC(Nc2nc3ccccc3s2)C(=O)O)cn1. The van der Waals surface area contributed by atoms with Gasteiger partial charge < -0.3 is 20.5 Å². The number of para-hydroxylation sites is 1. The second-order valence-corrected chi connectivity index (χ2v) is 11.5. The highest BCUT2D eigenvalue weighted by molar-refractivity contribution is 7.22. The number of thiazole rings is 1. The number of carboxylic acid groups (broad SMARTS) is 1. The van der Waals surface area contributed by atoms with E-state index in [2.05, 4.69) is 37.6 Å². The second kappa shape index (κ2) is 14.2. The number of pyridine rings is 2. The molecule has 3 aromatic heterocycles. The molecule has 41 heavy (non-hydrogen) atoms. The minimum absolute atomic E-state index is 0.454. The van der Waals surface area contributed by atoms with Crippen molar-refractivity contribution >= 4 is 38.5 Å². The highest BCUT2D eigenvalue weighted by Gasteiger charge is 2.20. The molecule has 0 spiro atoms. The molecule has 0 fully saturated rings. The molecule has 0 amide bonds. The molecule has 4 heterocycles. The predicted octanol–water partition coefficient (Wildman–Crippen LogP) is 5.41. The van der Waals surface area contributed by atoms with Crippen molar-refractivity contribution < 1.29 is 14.6 Å². The summed E-state index contributed by atoms with van der Waals surface area (Å²) in [5, 5.41) is 17.1. The van der Waals surface area contributed by atoms with Crippen LogP contribution in [0.25, 0.3) is 10.2 Å². The molecule has 0 saturated heterocycles. The molecule has 216 valence electrons. The summed E-state index contributed by atoms with van der Waals surface area (Å²) in [5.74, 6) is 0.903. The fourth-order valence-corrected chi connectivity index (χ4v) is 5.89. The van der Waals surface area contributed by atoms with E-state index in [1.165, 1.54) is 16.9 Å². The Labute approximate surface area is 245 Å².